The van der Waals surface area contributed by atoms with Crippen molar-refractivity contribution >= 4 is 27.6 Å². The molecule has 1 aromatic carbocycles. The number of anilines is 2. The van der Waals surface area contributed by atoms with E-state index in [0.717, 1.165) is 4.47 Å². The monoisotopic (exact) mass is 327 g/mol. The van der Waals surface area contributed by atoms with Gasteiger partial charge in [-0.1, -0.05) is 15.9 Å². The summed E-state index contributed by atoms with van der Waals surface area (Å²) >= 11 is 3.32. The van der Waals surface area contributed by atoms with Gasteiger partial charge in [-0.15, -0.1) is 0 Å². The lowest BCUT2D eigenvalue weighted by molar-refractivity contribution is 0.163. The Labute approximate surface area is 119 Å². The highest BCUT2D eigenvalue weighted by molar-refractivity contribution is 9.10. The zero-order valence-corrected chi connectivity index (χ0v) is 12.3. The normalized spacial score (nSPS) is 12.4. The van der Waals surface area contributed by atoms with Crippen LogP contribution in [-0.2, 0) is 4.74 Å². The van der Waals surface area contributed by atoms with Gasteiger partial charge in [0.05, 0.1) is 18.3 Å². The number of ether oxygens (including phenoxy) is 1. The Morgan fingerprint density at radius 1 is 1.53 bits per heavy atom. The van der Waals surface area contributed by atoms with E-state index in [0.29, 0.717) is 18.2 Å². The van der Waals surface area contributed by atoms with Crippen molar-refractivity contribution in [1.29, 1.82) is 0 Å². The van der Waals surface area contributed by atoms with Crippen LogP contribution in [0, 0.1) is 5.82 Å². The van der Waals surface area contributed by atoms with Crippen molar-refractivity contribution in [1.82, 2.24) is 9.55 Å². The highest BCUT2D eigenvalue weighted by Gasteiger charge is 2.11. The van der Waals surface area contributed by atoms with Gasteiger partial charge in [-0.05, 0) is 25.1 Å². The van der Waals surface area contributed by atoms with Gasteiger partial charge in [-0.3, -0.25) is 0 Å². The summed E-state index contributed by atoms with van der Waals surface area (Å²) in [4.78, 5) is 4.20. The molecule has 4 nitrogen and oxygen atoms in total. The quantitative estimate of drug-likeness (QED) is 0.909. The highest BCUT2D eigenvalue weighted by Crippen LogP contribution is 2.24. The summed E-state index contributed by atoms with van der Waals surface area (Å²) in [5, 5.41) is 2.99. The van der Waals surface area contributed by atoms with Crippen molar-refractivity contribution < 1.29 is 9.13 Å². The van der Waals surface area contributed by atoms with Crippen LogP contribution in [0.15, 0.2) is 35.1 Å². The van der Waals surface area contributed by atoms with E-state index in [1.165, 1.54) is 6.07 Å². The zero-order chi connectivity index (χ0) is 13.8. The average molecular weight is 328 g/mol. The van der Waals surface area contributed by atoms with Crippen LogP contribution in [0.1, 0.15) is 13.0 Å². The van der Waals surface area contributed by atoms with Gasteiger partial charge in [0.2, 0.25) is 5.95 Å². The molecule has 1 N–H and O–H groups in total. The van der Waals surface area contributed by atoms with Gasteiger partial charge < -0.3 is 14.6 Å². The number of rotatable bonds is 5. The van der Waals surface area contributed by atoms with Gasteiger partial charge in [-0.2, -0.15) is 0 Å². The molecule has 1 heterocycles. The molecule has 2 rings (SSSR count). The molecule has 0 spiro atoms. The minimum atomic E-state index is -0.322. The van der Waals surface area contributed by atoms with E-state index >= 15 is 0 Å². The summed E-state index contributed by atoms with van der Waals surface area (Å²) in [7, 11) is 1.65. The number of aromatic nitrogens is 2. The molecule has 0 amide bonds. The minimum Gasteiger partial charge on any atom is -0.383 e. The van der Waals surface area contributed by atoms with E-state index in [-0.39, 0.29) is 11.9 Å². The Morgan fingerprint density at radius 2 is 2.32 bits per heavy atom. The van der Waals surface area contributed by atoms with Gasteiger partial charge in [0.1, 0.15) is 5.82 Å². The van der Waals surface area contributed by atoms with Crippen molar-refractivity contribution in [2.24, 2.45) is 0 Å². The predicted octanol–water partition coefficient (Wildman–Crippen LogP) is 3.74. The van der Waals surface area contributed by atoms with Gasteiger partial charge >= 0.3 is 0 Å². The minimum absolute atomic E-state index is 0.116. The molecule has 0 saturated heterocycles. The van der Waals surface area contributed by atoms with Gasteiger partial charge in [0.15, 0.2) is 0 Å². The molecule has 1 atom stereocenters. The molecule has 1 unspecified atom stereocenters. The third kappa shape index (κ3) is 3.33. The van der Waals surface area contributed by atoms with E-state index in [2.05, 4.69) is 26.2 Å². The number of nitrogens with one attached hydrogen (secondary N) is 1. The van der Waals surface area contributed by atoms with E-state index in [1.807, 2.05) is 17.7 Å². The molecule has 0 saturated carbocycles. The number of nitrogens with zero attached hydrogens (tertiary/aromatic N) is 2. The van der Waals surface area contributed by atoms with Crippen LogP contribution in [0.25, 0.3) is 0 Å². The second-order valence-corrected chi connectivity index (χ2v) is 5.13. The third-order valence-corrected chi connectivity index (χ3v) is 3.22. The number of hydrogen-bond acceptors (Lipinski definition) is 3. The molecule has 19 heavy (non-hydrogen) atoms. The number of methoxy groups -OCH3 is 1. The topological polar surface area (TPSA) is 39.1 Å². The highest BCUT2D eigenvalue weighted by atomic mass is 79.9. The van der Waals surface area contributed by atoms with Gasteiger partial charge in [0, 0.05) is 24.0 Å². The largest absolute Gasteiger partial charge is 0.383 e. The maximum Gasteiger partial charge on any atom is 0.207 e. The first-order chi connectivity index (χ1) is 9.11. The van der Waals surface area contributed by atoms with Gasteiger partial charge in [0.25, 0.3) is 0 Å². The van der Waals surface area contributed by atoms with Crippen LogP contribution >= 0.6 is 15.9 Å². The Hall–Kier alpha value is -1.40. The standard InChI is InChI=1S/C13H15BrFN3O/c1-9(8-19-2)18-6-5-16-13(18)17-12-7-10(14)3-4-11(12)15/h3-7,9H,8H2,1-2H3,(H,16,17). The molecule has 0 aliphatic carbocycles. The maximum atomic E-state index is 13.7. The van der Waals surface area contributed by atoms with E-state index < -0.39 is 0 Å². The molecule has 0 radical (unpaired) electrons. The summed E-state index contributed by atoms with van der Waals surface area (Å²) in [6.45, 7) is 2.57. The van der Waals surface area contributed by atoms with E-state index in [9.17, 15) is 4.39 Å². The summed E-state index contributed by atoms with van der Waals surface area (Å²) in [5.74, 6) is 0.263. The van der Waals surface area contributed by atoms with Crippen molar-refractivity contribution in [3.05, 3.63) is 40.9 Å². The number of benzene rings is 1. The molecular weight excluding hydrogens is 313 g/mol. The SMILES string of the molecule is COCC(C)n1ccnc1Nc1cc(Br)ccc1F. The van der Waals surface area contributed by atoms with Crippen LogP contribution in [0.2, 0.25) is 0 Å². The predicted molar refractivity (Wildman–Crippen MR) is 76.2 cm³/mol. The van der Waals surface area contributed by atoms with Crippen molar-refractivity contribution in [2.75, 3.05) is 19.0 Å². The number of hydrogen-bond donors (Lipinski definition) is 1. The Balaban J connectivity index is 2.24. The second-order valence-electron chi connectivity index (χ2n) is 4.21. The Morgan fingerprint density at radius 3 is 3.05 bits per heavy atom. The fourth-order valence-electron chi connectivity index (χ4n) is 1.80. The van der Waals surface area contributed by atoms with E-state index in [4.69, 9.17) is 4.74 Å². The Kier molecular flexibility index (Phi) is 4.55. The molecular formula is C13H15BrFN3O. The second kappa shape index (κ2) is 6.16. The number of halogens is 2. The summed E-state index contributed by atoms with van der Waals surface area (Å²) in [5.41, 5.74) is 0.381. The van der Waals surface area contributed by atoms with Crippen LogP contribution in [0.4, 0.5) is 16.0 Å². The summed E-state index contributed by atoms with van der Waals surface area (Å²) in [6, 6.07) is 4.85. The first kappa shape index (κ1) is 14.0. The van der Waals surface area contributed by atoms with Crippen LogP contribution in [-0.4, -0.2) is 23.3 Å². The zero-order valence-electron chi connectivity index (χ0n) is 10.7. The maximum absolute atomic E-state index is 13.7. The number of imidazole rings is 1. The lowest BCUT2D eigenvalue weighted by Crippen LogP contribution is -2.13. The first-order valence-electron chi connectivity index (χ1n) is 5.85. The van der Waals surface area contributed by atoms with Crippen molar-refractivity contribution in [3.8, 4) is 0 Å². The lowest BCUT2D eigenvalue weighted by Gasteiger charge is -2.16. The van der Waals surface area contributed by atoms with Crippen LogP contribution in [0.3, 0.4) is 0 Å². The average Bonchev–Trinajstić information content (AvgIpc) is 2.82. The smallest absolute Gasteiger partial charge is 0.207 e. The fraction of sp³-hybridized carbons (Fsp3) is 0.308. The molecule has 1 aromatic heterocycles. The molecule has 6 heteroatoms. The third-order valence-electron chi connectivity index (χ3n) is 2.73. The molecule has 102 valence electrons. The molecule has 0 aliphatic heterocycles. The lowest BCUT2D eigenvalue weighted by atomic mass is 10.3. The van der Waals surface area contributed by atoms with Crippen molar-refractivity contribution in [3.63, 3.8) is 0 Å². The fourth-order valence-corrected chi connectivity index (χ4v) is 2.16. The summed E-state index contributed by atoms with van der Waals surface area (Å²) in [6.07, 6.45) is 3.51. The molecule has 0 fully saturated rings. The molecule has 0 bridgehead atoms. The van der Waals surface area contributed by atoms with Crippen LogP contribution < -0.4 is 5.32 Å². The summed E-state index contributed by atoms with van der Waals surface area (Å²) < 4.78 is 21.5. The molecule has 0 aliphatic rings. The van der Waals surface area contributed by atoms with Crippen molar-refractivity contribution in [2.45, 2.75) is 13.0 Å². The van der Waals surface area contributed by atoms with Gasteiger partial charge in [-0.25, -0.2) is 9.37 Å². The van der Waals surface area contributed by atoms with E-state index in [1.54, 1.807) is 25.4 Å². The Bertz CT molecular complexity index is 559. The molecule has 2 aromatic rings. The first-order valence-corrected chi connectivity index (χ1v) is 6.65. The van der Waals surface area contributed by atoms with Crippen LogP contribution in [0.5, 0.6) is 0 Å².